The third-order valence-electron chi connectivity index (χ3n) is 5.00. The Morgan fingerprint density at radius 3 is 2.21 bits per heavy atom. The molecule has 1 fully saturated rings. The summed E-state index contributed by atoms with van der Waals surface area (Å²) in [5.74, 6) is -0.525. The lowest BCUT2D eigenvalue weighted by Crippen LogP contribution is -2.30. The van der Waals surface area contributed by atoms with Crippen molar-refractivity contribution in [3.63, 3.8) is 0 Å². The molecule has 0 spiro atoms. The van der Waals surface area contributed by atoms with Gasteiger partial charge in [0.25, 0.3) is 0 Å². The van der Waals surface area contributed by atoms with Gasteiger partial charge in [0.05, 0.1) is 5.41 Å². The van der Waals surface area contributed by atoms with Crippen LogP contribution < -0.4 is 0 Å². The summed E-state index contributed by atoms with van der Waals surface area (Å²) in [6.07, 6.45) is -4.16. The molecule has 3 aromatic rings. The number of alkyl halides is 3. The number of hydrogen-bond donors (Lipinski definition) is 0. The Hall–Kier alpha value is -1.81. The minimum Gasteiger partial charge on any atom is -0.170 e. The molecular weight excluding hydrogens is 377 g/mol. The minimum atomic E-state index is -4.27. The molecule has 0 amide bonds. The van der Waals surface area contributed by atoms with E-state index in [4.69, 9.17) is 0 Å². The summed E-state index contributed by atoms with van der Waals surface area (Å²) in [5.41, 5.74) is -0.666. The van der Waals surface area contributed by atoms with E-state index >= 15 is 0 Å². The number of fused-ring (bicyclic) bond motifs is 1. The van der Waals surface area contributed by atoms with E-state index < -0.39 is 17.5 Å². The van der Waals surface area contributed by atoms with Gasteiger partial charge in [-0.3, -0.25) is 0 Å². The molecule has 0 N–H and O–H groups in total. The average molecular weight is 391 g/mol. The molecule has 0 unspecified atom stereocenters. The Labute approximate surface area is 146 Å². The Morgan fingerprint density at radius 2 is 1.54 bits per heavy atom. The molecule has 0 saturated heterocycles. The molecule has 2 atom stereocenters. The van der Waals surface area contributed by atoms with Crippen molar-refractivity contribution >= 4 is 26.7 Å². The van der Waals surface area contributed by atoms with Crippen LogP contribution in [0.4, 0.5) is 13.2 Å². The molecule has 0 radical (unpaired) electrons. The van der Waals surface area contributed by atoms with Gasteiger partial charge in [0, 0.05) is 10.4 Å². The maximum atomic E-state index is 13.9. The van der Waals surface area contributed by atoms with Crippen LogP contribution in [-0.2, 0) is 5.41 Å². The van der Waals surface area contributed by atoms with Gasteiger partial charge in [0.15, 0.2) is 0 Å². The first-order valence-electron chi connectivity index (χ1n) is 7.73. The minimum absolute atomic E-state index is 0.108. The van der Waals surface area contributed by atoms with Gasteiger partial charge in [-0.25, -0.2) is 0 Å². The lowest BCUT2D eigenvalue weighted by molar-refractivity contribution is -0.162. The predicted molar refractivity (Wildman–Crippen MR) is 93.2 cm³/mol. The first-order chi connectivity index (χ1) is 11.4. The highest BCUT2D eigenvalue weighted by Crippen LogP contribution is 2.68. The molecule has 1 aliphatic rings. The van der Waals surface area contributed by atoms with Gasteiger partial charge in [-0.15, -0.1) is 0 Å². The first-order valence-corrected chi connectivity index (χ1v) is 8.52. The number of rotatable bonds is 2. The van der Waals surface area contributed by atoms with Gasteiger partial charge in [-0.1, -0.05) is 70.5 Å². The van der Waals surface area contributed by atoms with E-state index in [1.54, 1.807) is 24.3 Å². The monoisotopic (exact) mass is 390 g/mol. The lowest BCUT2D eigenvalue weighted by Gasteiger charge is -2.22. The molecule has 3 aromatic carbocycles. The summed E-state index contributed by atoms with van der Waals surface area (Å²) in [6.45, 7) is 0. The standard InChI is InChI=1S/C20H14BrF3/c21-17-9-7-16(8-10-17)19(20(22,23)24)12-18(19)15-6-5-13-3-1-2-4-14(13)11-15/h1-11,18H,12H2/t18-,19-/m0/s1. The van der Waals surface area contributed by atoms with Crippen LogP contribution >= 0.6 is 15.9 Å². The summed E-state index contributed by atoms with van der Waals surface area (Å²) in [4.78, 5) is 0. The second kappa shape index (κ2) is 5.35. The fourth-order valence-electron chi connectivity index (χ4n) is 3.63. The van der Waals surface area contributed by atoms with Crippen molar-refractivity contribution in [2.75, 3.05) is 0 Å². The van der Waals surface area contributed by atoms with Crippen molar-refractivity contribution in [1.29, 1.82) is 0 Å². The molecule has 1 aliphatic carbocycles. The van der Waals surface area contributed by atoms with Crippen LogP contribution in [0, 0.1) is 0 Å². The molecule has 4 heteroatoms. The summed E-state index contributed by atoms with van der Waals surface area (Å²) < 4.78 is 42.5. The topological polar surface area (TPSA) is 0 Å². The Bertz CT molecular complexity index is 899. The summed E-state index contributed by atoms with van der Waals surface area (Å²) in [5, 5.41) is 2.02. The summed E-state index contributed by atoms with van der Waals surface area (Å²) >= 11 is 3.29. The smallest absolute Gasteiger partial charge is 0.170 e. The van der Waals surface area contributed by atoms with Gasteiger partial charge >= 0.3 is 6.18 Å². The normalized spacial score (nSPS) is 23.4. The number of halogens is 4. The van der Waals surface area contributed by atoms with E-state index in [1.165, 1.54) is 0 Å². The van der Waals surface area contributed by atoms with E-state index in [-0.39, 0.29) is 6.42 Å². The van der Waals surface area contributed by atoms with Crippen molar-refractivity contribution in [1.82, 2.24) is 0 Å². The maximum absolute atomic E-state index is 13.9. The van der Waals surface area contributed by atoms with Gasteiger partial charge in [0.2, 0.25) is 0 Å². The molecule has 0 aliphatic heterocycles. The largest absolute Gasteiger partial charge is 0.399 e. The van der Waals surface area contributed by atoms with Crippen LogP contribution in [0.15, 0.2) is 71.2 Å². The van der Waals surface area contributed by atoms with Gasteiger partial charge in [-0.05, 0) is 40.5 Å². The Morgan fingerprint density at radius 1 is 0.875 bits per heavy atom. The van der Waals surface area contributed by atoms with Crippen molar-refractivity contribution in [2.45, 2.75) is 23.9 Å². The van der Waals surface area contributed by atoms with Crippen LogP contribution in [0.2, 0.25) is 0 Å². The zero-order valence-corrected chi connectivity index (χ0v) is 14.2. The average Bonchev–Trinajstić information content (AvgIpc) is 3.32. The first kappa shape index (κ1) is 15.7. The molecule has 0 aromatic heterocycles. The highest BCUT2D eigenvalue weighted by Gasteiger charge is 2.71. The van der Waals surface area contributed by atoms with Crippen LogP contribution in [0.5, 0.6) is 0 Å². The van der Waals surface area contributed by atoms with Crippen molar-refractivity contribution < 1.29 is 13.2 Å². The van der Waals surface area contributed by atoms with Crippen LogP contribution in [0.3, 0.4) is 0 Å². The fourth-order valence-corrected chi connectivity index (χ4v) is 3.90. The van der Waals surface area contributed by atoms with E-state index in [2.05, 4.69) is 15.9 Å². The molecule has 0 bridgehead atoms. The van der Waals surface area contributed by atoms with Gasteiger partial charge < -0.3 is 0 Å². The SMILES string of the molecule is FC(F)(F)[C@]1(c2ccc(Br)cc2)C[C@H]1c1ccc2ccccc2c1. The highest BCUT2D eigenvalue weighted by atomic mass is 79.9. The Kier molecular flexibility index (Phi) is 3.50. The third kappa shape index (κ3) is 2.35. The second-order valence-electron chi connectivity index (χ2n) is 6.34. The Balaban J connectivity index is 1.79. The summed E-state index contributed by atoms with van der Waals surface area (Å²) in [7, 11) is 0. The van der Waals surface area contributed by atoms with Gasteiger partial charge in [-0.2, -0.15) is 13.2 Å². The van der Waals surface area contributed by atoms with Crippen LogP contribution in [0.25, 0.3) is 10.8 Å². The van der Waals surface area contributed by atoms with Crippen LogP contribution in [-0.4, -0.2) is 6.18 Å². The molecule has 0 heterocycles. The van der Waals surface area contributed by atoms with Crippen molar-refractivity contribution in [3.8, 4) is 0 Å². The lowest BCUT2D eigenvalue weighted by atomic mass is 9.89. The third-order valence-corrected chi connectivity index (χ3v) is 5.53. The van der Waals surface area contributed by atoms with E-state index in [1.807, 2.05) is 42.5 Å². The maximum Gasteiger partial charge on any atom is 0.399 e. The van der Waals surface area contributed by atoms with Crippen molar-refractivity contribution in [2.24, 2.45) is 0 Å². The van der Waals surface area contributed by atoms with Crippen LogP contribution in [0.1, 0.15) is 23.5 Å². The number of benzene rings is 3. The summed E-state index contributed by atoms with van der Waals surface area (Å²) in [6, 6.07) is 19.9. The predicted octanol–water partition coefficient (Wildman–Crippen LogP) is 6.59. The van der Waals surface area contributed by atoms with Gasteiger partial charge in [0.1, 0.15) is 0 Å². The molecule has 4 rings (SSSR count). The van der Waals surface area contributed by atoms with Crippen molar-refractivity contribution in [3.05, 3.63) is 82.3 Å². The zero-order valence-electron chi connectivity index (χ0n) is 12.6. The quantitative estimate of drug-likeness (QED) is 0.462. The molecule has 0 nitrogen and oxygen atoms in total. The van der Waals surface area contributed by atoms with E-state index in [0.29, 0.717) is 5.56 Å². The van der Waals surface area contributed by atoms with E-state index in [0.717, 1.165) is 20.8 Å². The molecular formula is C20H14BrF3. The number of hydrogen-bond acceptors (Lipinski definition) is 0. The molecule has 1 saturated carbocycles. The zero-order chi connectivity index (χ0) is 16.9. The molecule has 122 valence electrons. The molecule has 24 heavy (non-hydrogen) atoms. The fraction of sp³-hybridized carbons (Fsp3) is 0.200. The second-order valence-corrected chi connectivity index (χ2v) is 7.25. The van der Waals surface area contributed by atoms with E-state index in [9.17, 15) is 13.2 Å². The highest BCUT2D eigenvalue weighted by molar-refractivity contribution is 9.10.